The molecule has 31 heavy (non-hydrogen) atoms. The second kappa shape index (κ2) is 10.8. The van der Waals surface area contributed by atoms with Crippen LogP contribution in [0.15, 0.2) is 52.5 Å². The first-order chi connectivity index (χ1) is 14.4. The van der Waals surface area contributed by atoms with Gasteiger partial charge in [-0.05, 0) is 62.2 Å². The molecule has 0 aliphatic heterocycles. The molecule has 1 N–H and O–H groups in total. The third kappa shape index (κ3) is 8.10. The van der Waals surface area contributed by atoms with Gasteiger partial charge in [0.15, 0.2) is 0 Å². The minimum Gasteiger partial charge on any atom is -0.497 e. The van der Waals surface area contributed by atoms with Crippen molar-refractivity contribution < 1.29 is 4.74 Å². The molecule has 6 heteroatoms. The van der Waals surface area contributed by atoms with Gasteiger partial charge in [-0.2, -0.15) is 0 Å². The van der Waals surface area contributed by atoms with Crippen molar-refractivity contribution in [1.82, 2.24) is 5.32 Å². The van der Waals surface area contributed by atoms with Gasteiger partial charge in [0.1, 0.15) is 5.75 Å². The molecule has 2 aromatic rings. The quantitative estimate of drug-likeness (QED) is 0.369. The van der Waals surface area contributed by atoms with Crippen LogP contribution in [-0.4, -0.2) is 19.4 Å². The molecular weight excluding hydrogens is 447 g/mol. The van der Waals surface area contributed by atoms with E-state index in [1.807, 2.05) is 24.3 Å². The number of methoxy groups -OCH3 is 1. The molecule has 2 aromatic carbocycles. The normalized spacial score (nSPS) is 12.9. The Labute approximate surface area is 201 Å². The van der Waals surface area contributed by atoms with E-state index in [1.54, 1.807) is 24.9 Å². The summed E-state index contributed by atoms with van der Waals surface area (Å²) in [4.78, 5) is 4.37. The highest BCUT2D eigenvalue weighted by atomic mass is 35.5. The maximum Gasteiger partial charge on any atom is 0.118 e. The van der Waals surface area contributed by atoms with Gasteiger partial charge in [-0.15, -0.1) is 11.8 Å². The van der Waals surface area contributed by atoms with Crippen molar-refractivity contribution in [1.29, 1.82) is 0 Å². The molecule has 0 amide bonds. The van der Waals surface area contributed by atoms with Gasteiger partial charge in [0.2, 0.25) is 0 Å². The Hall–Kier alpha value is -1.62. The molecule has 0 heterocycles. The molecule has 0 spiro atoms. The summed E-state index contributed by atoms with van der Waals surface area (Å²) in [5, 5.41) is 5.70. The number of nitrogens with one attached hydrogen (secondary N) is 1. The summed E-state index contributed by atoms with van der Waals surface area (Å²) in [7, 11) is 1.67. The van der Waals surface area contributed by atoms with Gasteiger partial charge < -0.3 is 10.1 Å². The summed E-state index contributed by atoms with van der Waals surface area (Å²) in [5.74, 6) is 1.62. The topological polar surface area (TPSA) is 33.6 Å². The van der Waals surface area contributed by atoms with Crippen molar-refractivity contribution in [3.05, 3.63) is 68.7 Å². The molecule has 0 atom stereocenters. The fourth-order valence-electron chi connectivity index (χ4n) is 3.66. The predicted octanol–water partition coefficient (Wildman–Crippen LogP) is 8.07. The van der Waals surface area contributed by atoms with Gasteiger partial charge in [-0.25, -0.2) is 0 Å². The second-order valence-electron chi connectivity index (χ2n) is 9.35. The lowest BCUT2D eigenvalue weighted by Crippen LogP contribution is -2.41. The van der Waals surface area contributed by atoms with Crippen molar-refractivity contribution >= 4 is 47.4 Å². The van der Waals surface area contributed by atoms with E-state index in [1.165, 1.54) is 5.56 Å². The highest BCUT2D eigenvalue weighted by molar-refractivity contribution is 8.02. The standard InChI is InChI=1S/C25H32Cl2N2OS/c1-24(2,3)16-25(4,5)29-23(31-15-17-8-11-19(30-7)12-9-17)22(28-6)18-10-13-20(26)21(27)14-18/h8-14,29H,6,15-16H2,1-5,7H3/b23-22-. The van der Waals surface area contributed by atoms with Crippen LogP contribution in [0.5, 0.6) is 5.75 Å². The Morgan fingerprint density at radius 1 is 1.03 bits per heavy atom. The number of thioether (sulfide) groups is 1. The van der Waals surface area contributed by atoms with E-state index in [2.05, 4.69) is 63.8 Å². The van der Waals surface area contributed by atoms with Gasteiger partial charge in [0.25, 0.3) is 0 Å². The van der Waals surface area contributed by atoms with Crippen LogP contribution in [-0.2, 0) is 5.75 Å². The number of hydrogen-bond donors (Lipinski definition) is 1. The number of hydrogen-bond acceptors (Lipinski definition) is 4. The van der Waals surface area contributed by atoms with E-state index >= 15 is 0 Å². The lowest BCUT2D eigenvalue weighted by molar-refractivity contribution is 0.259. The molecule has 3 nitrogen and oxygen atoms in total. The molecule has 168 valence electrons. The van der Waals surface area contributed by atoms with Crippen molar-refractivity contribution in [2.24, 2.45) is 10.4 Å². The molecule has 0 fully saturated rings. The largest absolute Gasteiger partial charge is 0.497 e. The van der Waals surface area contributed by atoms with E-state index in [9.17, 15) is 0 Å². The number of nitrogens with zero attached hydrogens (tertiary/aromatic N) is 1. The molecular formula is C25H32Cl2N2OS. The summed E-state index contributed by atoms with van der Waals surface area (Å²) >= 11 is 14.1. The van der Waals surface area contributed by atoms with Crippen LogP contribution in [0.3, 0.4) is 0 Å². The third-order valence-corrected chi connectivity index (χ3v) is 6.33. The van der Waals surface area contributed by atoms with E-state index < -0.39 is 0 Å². The van der Waals surface area contributed by atoms with Gasteiger partial charge in [0, 0.05) is 16.9 Å². The molecule has 0 unspecified atom stereocenters. The van der Waals surface area contributed by atoms with Crippen molar-refractivity contribution in [2.75, 3.05) is 7.11 Å². The van der Waals surface area contributed by atoms with Crippen LogP contribution >= 0.6 is 35.0 Å². The Kier molecular flexibility index (Phi) is 8.93. The lowest BCUT2D eigenvalue weighted by atomic mass is 9.82. The number of rotatable bonds is 9. The molecule has 0 aromatic heterocycles. The Balaban J connectivity index is 2.41. The smallest absolute Gasteiger partial charge is 0.118 e. The van der Waals surface area contributed by atoms with Crippen molar-refractivity contribution in [3.63, 3.8) is 0 Å². The SMILES string of the molecule is C=N/C(=C(/NC(C)(C)CC(C)(C)C)SCc1ccc(OC)cc1)c1ccc(Cl)c(Cl)c1. The van der Waals surface area contributed by atoms with Gasteiger partial charge in [-0.1, -0.05) is 62.2 Å². The van der Waals surface area contributed by atoms with Gasteiger partial charge >= 0.3 is 0 Å². The Morgan fingerprint density at radius 3 is 2.19 bits per heavy atom. The maximum absolute atomic E-state index is 6.29. The van der Waals surface area contributed by atoms with E-state index in [4.69, 9.17) is 27.9 Å². The van der Waals surface area contributed by atoms with E-state index in [-0.39, 0.29) is 11.0 Å². The Bertz CT molecular complexity index is 932. The highest BCUT2D eigenvalue weighted by Crippen LogP contribution is 2.35. The first-order valence-electron chi connectivity index (χ1n) is 10.1. The van der Waals surface area contributed by atoms with Crippen LogP contribution in [0.25, 0.3) is 5.70 Å². The summed E-state index contributed by atoms with van der Waals surface area (Å²) in [6.45, 7) is 15.0. The Morgan fingerprint density at radius 2 is 1.68 bits per heavy atom. The summed E-state index contributed by atoms with van der Waals surface area (Å²) in [6, 6.07) is 13.6. The number of aliphatic imine (C=N–C) groups is 1. The molecule has 0 radical (unpaired) electrons. The number of benzene rings is 2. The minimum atomic E-state index is -0.146. The molecule has 0 aliphatic carbocycles. The average Bonchev–Trinajstić information content (AvgIpc) is 2.67. The predicted molar refractivity (Wildman–Crippen MR) is 139 cm³/mol. The molecule has 0 saturated heterocycles. The highest BCUT2D eigenvalue weighted by Gasteiger charge is 2.27. The monoisotopic (exact) mass is 478 g/mol. The molecule has 0 aliphatic rings. The van der Waals surface area contributed by atoms with E-state index in [0.717, 1.165) is 34.2 Å². The summed E-state index contributed by atoms with van der Waals surface area (Å²) in [6.07, 6.45) is 0.985. The van der Waals surface area contributed by atoms with Crippen LogP contribution in [0.1, 0.15) is 52.2 Å². The third-order valence-electron chi connectivity index (χ3n) is 4.53. The minimum absolute atomic E-state index is 0.146. The number of halogens is 2. The fourth-order valence-corrected chi connectivity index (χ4v) is 5.13. The van der Waals surface area contributed by atoms with Crippen LogP contribution in [0, 0.1) is 5.41 Å². The van der Waals surface area contributed by atoms with Crippen molar-refractivity contribution in [3.8, 4) is 5.75 Å². The first kappa shape index (κ1) is 25.6. The van der Waals surface area contributed by atoms with Crippen molar-refractivity contribution in [2.45, 2.75) is 52.3 Å². The van der Waals surface area contributed by atoms with Crippen LogP contribution < -0.4 is 10.1 Å². The summed E-state index contributed by atoms with van der Waals surface area (Å²) < 4.78 is 5.27. The number of ether oxygens (including phenoxy) is 1. The summed E-state index contributed by atoms with van der Waals surface area (Å²) in [5.41, 5.74) is 2.86. The fraction of sp³-hybridized carbons (Fsp3) is 0.400. The molecule has 2 rings (SSSR count). The van der Waals surface area contributed by atoms with Crippen LogP contribution in [0.4, 0.5) is 0 Å². The van der Waals surface area contributed by atoms with Gasteiger partial charge in [-0.3, -0.25) is 4.99 Å². The van der Waals surface area contributed by atoms with Crippen LogP contribution in [0.2, 0.25) is 10.0 Å². The zero-order chi connectivity index (χ0) is 23.2. The average molecular weight is 480 g/mol. The second-order valence-corrected chi connectivity index (χ2v) is 11.1. The van der Waals surface area contributed by atoms with Gasteiger partial charge in [0.05, 0.1) is 27.9 Å². The maximum atomic E-state index is 6.29. The molecule has 0 bridgehead atoms. The zero-order valence-corrected chi connectivity index (χ0v) is 21.5. The zero-order valence-electron chi connectivity index (χ0n) is 19.2. The first-order valence-corrected chi connectivity index (χ1v) is 11.9. The molecule has 0 saturated carbocycles. The lowest BCUT2D eigenvalue weighted by Gasteiger charge is -2.35. The van der Waals surface area contributed by atoms with E-state index in [0.29, 0.717) is 10.0 Å².